The number of aromatic amines is 1. The molecule has 1 aliphatic rings. The number of hydrogen-bond acceptors (Lipinski definition) is 6. The summed E-state index contributed by atoms with van der Waals surface area (Å²) in [7, 11) is 0. The number of carboxylic acid groups (broad SMARTS) is 2. The lowest BCUT2D eigenvalue weighted by molar-refractivity contribution is -0.134. The number of aromatic carboxylic acids is 1. The summed E-state index contributed by atoms with van der Waals surface area (Å²) in [4.78, 5) is 58.3. The fraction of sp³-hybridized carbons (Fsp3) is 0. The van der Waals surface area contributed by atoms with E-state index in [1.54, 1.807) is 0 Å². The molecule has 0 aliphatic carbocycles. The average Bonchev–Trinajstić information content (AvgIpc) is 2.49. The second kappa shape index (κ2) is 6.66. The van der Waals surface area contributed by atoms with Gasteiger partial charge in [-0.05, 0) is 12.2 Å². The molecule has 1 aliphatic heterocycles. The fourth-order valence-electron chi connectivity index (χ4n) is 2.03. The van der Waals surface area contributed by atoms with E-state index < -0.39 is 46.3 Å². The number of amides is 2. The molecule has 1 aromatic rings. The predicted octanol–water partition coefficient (Wildman–Crippen LogP) is -0.614. The molecule has 5 N–H and O–H groups in total. The van der Waals surface area contributed by atoms with Crippen LogP contribution in [0.1, 0.15) is 15.9 Å². The quantitative estimate of drug-likeness (QED) is 0.354. The highest BCUT2D eigenvalue weighted by Crippen LogP contribution is 2.20. The van der Waals surface area contributed by atoms with Gasteiger partial charge in [-0.3, -0.25) is 24.7 Å². The lowest BCUT2D eigenvalue weighted by Crippen LogP contribution is -2.36. The van der Waals surface area contributed by atoms with E-state index in [2.05, 4.69) is 0 Å². The fourth-order valence-corrected chi connectivity index (χ4v) is 2.03. The molecule has 1 aromatic heterocycles. The van der Waals surface area contributed by atoms with Crippen molar-refractivity contribution in [3.05, 3.63) is 56.9 Å². The normalized spacial score (nSPS) is 16.0. The third-order valence-corrected chi connectivity index (χ3v) is 3.10. The number of pyridine rings is 1. The number of imide groups is 1. The summed E-state index contributed by atoms with van der Waals surface area (Å²) in [6.07, 6.45) is 3.91. The predicted molar refractivity (Wildman–Crippen MR) is 81.7 cm³/mol. The van der Waals surface area contributed by atoms with E-state index in [9.17, 15) is 29.1 Å². The Labute approximate surface area is 138 Å². The van der Waals surface area contributed by atoms with Crippen LogP contribution in [0.5, 0.6) is 5.88 Å². The second-order valence-electron chi connectivity index (χ2n) is 4.74. The van der Waals surface area contributed by atoms with Crippen LogP contribution < -0.4 is 10.9 Å². The Morgan fingerprint density at radius 1 is 1.08 bits per heavy atom. The number of carboxylic acids is 2. The molecule has 25 heavy (non-hydrogen) atoms. The van der Waals surface area contributed by atoms with Gasteiger partial charge in [-0.15, -0.1) is 0 Å². The molecule has 0 unspecified atom stereocenters. The van der Waals surface area contributed by atoms with E-state index in [4.69, 9.17) is 10.2 Å². The Balaban J connectivity index is 2.48. The molecule has 0 aromatic carbocycles. The zero-order valence-electron chi connectivity index (χ0n) is 12.3. The maximum absolute atomic E-state index is 11.7. The number of aliphatic carboxylic acids is 1. The van der Waals surface area contributed by atoms with Crippen molar-refractivity contribution < 1.29 is 34.5 Å². The molecule has 0 atom stereocenters. The van der Waals surface area contributed by atoms with Crippen molar-refractivity contribution >= 4 is 29.8 Å². The van der Waals surface area contributed by atoms with Gasteiger partial charge in [0.25, 0.3) is 17.4 Å². The Morgan fingerprint density at radius 2 is 1.76 bits per heavy atom. The zero-order valence-corrected chi connectivity index (χ0v) is 12.3. The molecule has 0 bridgehead atoms. The maximum atomic E-state index is 11.7. The van der Waals surface area contributed by atoms with Crippen LogP contribution in [0.3, 0.4) is 0 Å². The lowest BCUT2D eigenvalue weighted by Gasteiger charge is -2.12. The first kappa shape index (κ1) is 17.4. The largest absolute Gasteiger partial charge is 0.494 e. The lowest BCUT2D eigenvalue weighted by atomic mass is 10.0. The minimum Gasteiger partial charge on any atom is -0.494 e. The molecule has 2 heterocycles. The van der Waals surface area contributed by atoms with Crippen LogP contribution in [-0.2, 0) is 14.4 Å². The van der Waals surface area contributed by atoms with Gasteiger partial charge in [0.15, 0.2) is 5.88 Å². The number of nitrogens with one attached hydrogen (secondary N) is 2. The van der Waals surface area contributed by atoms with Crippen LogP contribution in [0.25, 0.3) is 6.08 Å². The highest BCUT2D eigenvalue weighted by atomic mass is 16.4. The Hall–Kier alpha value is -3.95. The standard InChI is InChI=1S/C15H10N2O8/c18-10-4-8(14(22)23)6(12(20)16-10)2-1-3-7-9(15(24)25)5-11(19)17-13(7)21/h1-5H,(H,22,23)(H,24,25)(H,16,18,20)(H2,17,19,21)/b3-1+,6-2-. The zero-order chi connectivity index (χ0) is 18.7. The SMILES string of the molecule is O=C1C=C(C(=O)O)/C(=C/C=C/c2c(C(=O)O)cc(=O)[nH]c2O)C(=O)N1. The maximum Gasteiger partial charge on any atom is 0.336 e. The minimum atomic E-state index is -1.50. The van der Waals surface area contributed by atoms with Crippen LogP contribution in [-0.4, -0.2) is 44.1 Å². The van der Waals surface area contributed by atoms with Gasteiger partial charge in [-0.1, -0.05) is 6.08 Å². The Kier molecular flexibility index (Phi) is 4.64. The van der Waals surface area contributed by atoms with Crippen molar-refractivity contribution in [2.24, 2.45) is 0 Å². The molecule has 10 heteroatoms. The minimum absolute atomic E-state index is 0.253. The van der Waals surface area contributed by atoms with E-state index in [0.29, 0.717) is 0 Å². The number of allylic oxidation sites excluding steroid dienone is 2. The summed E-state index contributed by atoms with van der Waals surface area (Å²) < 4.78 is 0. The van der Waals surface area contributed by atoms with Gasteiger partial charge in [-0.25, -0.2) is 9.59 Å². The van der Waals surface area contributed by atoms with Gasteiger partial charge in [0, 0.05) is 17.7 Å². The van der Waals surface area contributed by atoms with Crippen LogP contribution in [0, 0.1) is 0 Å². The molecule has 10 nitrogen and oxygen atoms in total. The summed E-state index contributed by atoms with van der Waals surface area (Å²) in [5.74, 6) is -5.51. The monoisotopic (exact) mass is 346 g/mol. The number of carbonyl (C=O) groups is 4. The van der Waals surface area contributed by atoms with Gasteiger partial charge >= 0.3 is 11.9 Å². The van der Waals surface area contributed by atoms with E-state index >= 15 is 0 Å². The summed E-state index contributed by atoms with van der Waals surface area (Å²) in [6, 6.07) is 0.753. The molecule has 0 radical (unpaired) electrons. The van der Waals surface area contributed by atoms with E-state index in [1.807, 2.05) is 10.3 Å². The van der Waals surface area contributed by atoms with Gasteiger partial charge in [0.2, 0.25) is 0 Å². The van der Waals surface area contributed by atoms with Crippen molar-refractivity contribution in [3.8, 4) is 5.88 Å². The highest BCUT2D eigenvalue weighted by molar-refractivity contribution is 6.21. The van der Waals surface area contributed by atoms with Gasteiger partial charge < -0.3 is 15.3 Å². The Morgan fingerprint density at radius 3 is 2.36 bits per heavy atom. The number of hydrogen-bond donors (Lipinski definition) is 5. The summed E-state index contributed by atoms with van der Waals surface area (Å²) in [5, 5.41) is 29.6. The molecule has 2 amide bonds. The van der Waals surface area contributed by atoms with Gasteiger partial charge in [-0.2, -0.15) is 0 Å². The average molecular weight is 346 g/mol. The molecule has 0 fully saturated rings. The van der Waals surface area contributed by atoms with Crippen molar-refractivity contribution in [3.63, 3.8) is 0 Å². The second-order valence-corrected chi connectivity index (χ2v) is 4.74. The van der Waals surface area contributed by atoms with Crippen LogP contribution in [0.15, 0.2) is 40.2 Å². The highest BCUT2D eigenvalue weighted by Gasteiger charge is 2.26. The third kappa shape index (κ3) is 3.69. The van der Waals surface area contributed by atoms with E-state index in [1.165, 1.54) is 0 Å². The van der Waals surface area contributed by atoms with Crippen LogP contribution in [0.4, 0.5) is 0 Å². The van der Waals surface area contributed by atoms with Crippen molar-refractivity contribution in [2.75, 3.05) is 0 Å². The van der Waals surface area contributed by atoms with Crippen molar-refractivity contribution in [2.45, 2.75) is 0 Å². The number of aromatic hydroxyl groups is 1. The first-order chi connectivity index (χ1) is 11.7. The Bertz CT molecular complexity index is 949. The molecular weight excluding hydrogens is 336 g/mol. The first-order valence-electron chi connectivity index (χ1n) is 6.59. The summed E-state index contributed by atoms with van der Waals surface area (Å²) in [6.45, 7) is 0. The summed E-state index contributed by atoms with van der Waals surface area (Å²) >= 11 is 0. The van der Waals surface area contributed by atoms with Crippen LogP contribution in [0.2, 0.25) is 0 Å². The van der Waals surface area contributed by atoms with E-state index in [0.717, 1.165) is 30.4 Å². The number of aromatic nitrogens is 1. The topological polar surface area (TPSA) is 174 Å². The third-order valence-electron chi connectivity index (χ3n) is 3.10. The van der Waals surface area contributed by atoms with Crippen LogP contribution >= 0.6 is 0 Å². The van der Waals surface area contributed by atoms with Crippen molar-refractivity contribution in [1.29, 1.82) is 0 Å². The smallest absolute Gasteiger partial charge is 0.336 e. The molecular formula is C15H10N2O8. The molecule has 0 spiro atoms. The number of H-pyrrole nitrogens is 1. The molecule has 2 rings (SSSR count). The first-order valence-corrected chi connectivity index (χ1v) is 6.59. The number of carbonyl (C=O) groups excluding carboxylic acids is 2. The molecule has 0 saturated heterocycles. The van der Waals surface area contributed by atoms with E-state index in [-0.39, 0.29) is 11.1 Å². The molecule has 128 valence electrons. The number of rotatable bonds is 4. The van der Waals surface area contributed by atoms with Gasteiger partial charge in [0.1, 0.15) is 0 Å². The molecule has 0 saturated carbocycles. The van der Waals surface area contributed by atoms with Crippen molar-refractivity contribution in [1.82, 2.24) is 10.3 Å². The summed E-state index contributed by atoms with van der Waals surface area (Å²) in [5.41, 5.74) is -2.45. The van der Waals surface area contributed by atoms with Gasteiger partial charge in [0.05, 0.1) is 16.7 Å².